The second-order valence-corrected chi connectivity index (χ2v) is 10.7. The van der Waals surface area contributed by atoms with Crippen molar-refractivity contribution in [1.29, 1.82) is 0 Å². The van der Waals surface area contributed by atoms with Crippen molar-refractivity contribution in [3.8, 4) is 0 Å². The van der Waals surface area contributed by atoms with Crippen LogP contribution in [0.4, 0.5) is 0 Å². The van der Waals surface area contributed by atoms with Gasteiger partial charge in [0.1, 0.15) is 0 Å². The quantitative estimate of drug-likeness (QED) is 0.464. The summed E-state index contributed by atoms with van der Waals surface area (Å²) < 4.78 is 2.55. The summed E-state index contributed by atoms with van der Waals surface area (Å²) in [7, 11) is 0. The standard InChI is InChI=1S/C17H27Br2NS/c1-13(2)12-20-10-9-17(6-3-4-7-17)8-5-14-11-15(18)21-16(14)19/h11,13,20H,3-10,12H2,1-2H3. The molecular weight excluding hydrogens is 410 g/mol. The Morgan fingerprint density at radius 1 is 1.24 bits per heavy atom. The van der Waals surface area contributed by atoms with Gasteiger partial charge in [-0.2, -0.15) is 0 Å². The molecular formula is C17H27Br2NS. The number of halogens is 2. The van der Waals surface area contributed by atoms with E-state index in [4.69, 9.17) is 0 Å². The molecule has 1 nitrogen and oxygen atoms in total. The second kappa shape index (κ2) is 8.47. The molecule has 0 radical (unpaired) electrons. The van der Waals surface area contributed by atoms with Gasteiger partial charge in [0.2, 0.25) is 0 Å². The van der Waals surface area contributed by atoms with Crippen molar-refractivity contribution in [2.75, 3.05) is 13.1 Å². The molecule has 0 spiro atoms. The van der Waals surface area contributed by atoms with Gasteiger partial charge in [-0.25, -0.2) is 0 Å². The van der Waals surface area contributed by atoms with Crippen molar-refractivity contribution in [3.63, 3.8) is 0 Å². The Morgan fingerprint density at radius 2 is 1.95 bits per heavy atom. The first-order valence-electron chi connectivity index (χ1n) is 8.15. The van der Waals surface area contributed by atoms with Crippen LogP contribution in [-0.4, -0.2) is 13.1 Å². The van der Waals surface area contributed by atoms with Gasteiger partial charge in [0.25, 0.3) is 0 Å². The molecule has 21 heavy (non-hydrogen) atoms. The van der Waals surface area contributed by atoms with Gasteiger partial charge in [0.05, 0.1) is 7.57 Å². The number of thiophene rings is 1. The fourth-order valence-electron chi connectivity index (χ4n) is 3.44. The Hall–Kier alpha value is 0.620. The number of aryl methyl sites for hydroxylation is 1. The van der Waals surface area contributed by atoms with Crippen LogP contribution in [0.25, 0.3) is 0 Å². The molecule has 0 aromatic carbocycles. The molecule has 1 fully saturated rings. The van der Waals surface area contributed by atoms with E-state index in [0.717, 1.165) is 12.5 Å². The molecule has 1 aromatic heterocycles. The molecule has 0 atom stereocenters. The highest BCUT2D eigenvalue weighted by atomic mass is 79.9. The van der Waals surface area contributed by atoms with E-state index < -0.39 is 0 Å². The molecule has 0 saturated heterocycles. The summed E-state index contributed by atoms with van der Waals surface area (Å²) in [6.07, 6.45) is 9.63. The second-order valence-electron chi connectivity index (χ2n) is 6.90. The Labute approximate surface area is 150 Å². The molecule has 1 saturated carbocycles. The van der Waals surface area contributed by atoms with Gasteiger partial charge in [0.15, 0.2) is 0 Å². The van der Waals surface area contributed by atoms with E-state index in [2.05, 4.69) is 57.1 Å². The van der Waals surface area contributed by atoms with E-state index in [1.54, 1.807) is 11.3 Å². The minimum atomic E-state index is 0.595. The van der Waals surface area contributed by atoms with Gasteiger partial charge in [-0.1, -0.05) is 26.7 Å². The molecule has 0 amide bonds. The van der Waals surface area contributed by atoms with Crippen LogP contribution in [0.3, 0.4) is 0 Å². The SMILES string of the molecule is CC(C)CNCCC1(CCc2cc(Br)sc2Br)CCCC1. The van der Waals surface area contributed by atoms with Crippen LogP contribution >= 0.6 is 43.2 Å². The lowest BCUT2D eigenvalue weighted by atomic mass is 9.78. The first-order valence-corrected chi connectivity index (χ1v) is 10.6. The number of hydrogen-bond acceptors (Lipinski definition) is 2. The molecule has 1 aliphatic rings. The van der Waals surface area contributed by atoms with Gasteiger partial charge in [-0.05, 0) is 100 Å². The number of nitrogens with one attached hydrogen (secondary N) is 1. The summed E-state index contributed by atoms with van der Waals surface area (Å²) in [6, 6.07) is 2.29. The van der Waals surface area contributed by atoms with Crippen LogP contribution in [0.2, 0.25) is 0 Å². The van der Waals surface area contributed by atoms with Crippen LogP contribution < -0.4 is 5.32 Å². The highest BCUT2D eigenvalue weighted by molar-refractivity contribution is 9.12. The first-order chi connectivity index (χ1) is 10.0. The van der Waals surface area contributed by atoms with Crippen molar-refractivity contribution in [2.24, 2.45) is 11.3 Å². The minimum absolute atomic E-state index is 0.595. The van der Waals surface area contributed by atoms with Gasteiger partial charge >= 0.3 is 0 Å². The Kier molecular flexibility index (Phi) is 7.24. The highest BCUT2D eigenvalue weighted by Crippen LogP contribution is 2.45. The third kappa shape index (κ3) is 5.63. The molecule has 0 bridgehead atoms. The van der Waals surface area contributed by atoms with E-state index in [0.29, 0.717) is 5.41 Å². The van der Waals surface area contributed by atoms with E-state index in [-0.39, 0.29) is 0 Å². The van der Waals surface area contributed by atoms with Crippen LogP contribution in [0, 0.1) is 11.3 Å². The Balaban J connectivity index is 1.84. The van der Waals surface area contributed by atoms with E-state index in [1.807, 2.05) is 0 Å². The maximum Gasteiger partial charge on any atom is 0.0742 e. The predicted octanol–water partition coefficient (Wildman–Crippen LogP) is 6.40. The smallest absolute Gasteiger partial charge is 0.0742 e. The molecule has 1 aromatic rings. The van der Waals surface area contributed by atoms with Crippen LogP contribution in [0.5, 0.6) is 0 Å². The van der Waals surface area contributed by atoms with E-state index in [1.165, 1.54) is 64.6 Å². The lowest BCUT2D eigenvalue weighted by Gasteiger charge is -2.29. The van der Waals surface area contributed by atoms with Crippen LogP contribution in [-0.2, 0) is 6.42 Å². The van der Waals surface area contributed by atoms with Gasteiger partial charge in [-0.3, -0.25) is 0 Å². The normalized spacial score (nSPS) is 17.8. The minimum Gasteiger partial charge on any atom is -0.316 e. The summed E-state index contributed by atoms with van der Waals surface area (Å²) in [5.41, 5.74) is 2.07. The van der Waals surface area contributed by atoms with Gasteiger partial charge in [-0.15, -0.1) is 11.3 Å². The number of rotatable bonds is 8. The zero-order valence-electron chi connectivity index (χ0n) is 13.2. The number of hydrogen-bond donors (Lipinski definition) is 1. The summed E-state index contributed by atoms with van der Waals surface area (Å²) in [6.45, 7) is 6.90. The summed E-state index contributed by atoms with van der Waals surface area (Å²) >= 11 is 9.09. The van der Waals surface area contributed by atoms with Crippen molar-refractivity contribution < 1.29 is 0 Å². The zero-order valence-corrected chi connectivity index (χ0v) is 17.2. The largest absolute Gasteiger partial charge is 0.316 e. The van der Waals surface area contributed by atoms with E-state index >= 15 is 0 Å². The summed E-state index contributed by atoms with van der Waals surface area (Å²) in [5.74, 6) is 0.753. The van der Waals surface area contributed by atoms with Crippen LogP contribution in [0.1, 0.15) is 57.9 Å². The molecule has 1 aliphatic carbocycles. The average Bonchev–Trinajstić information content (AvgIpc) is 3.00. The van der Waals surface area contributed by atoms with Gasteiger partial charge < -0.3 is 5.32 Å². The summed E-state index contributed by atoms with van der Waals surface area (Å²) in [5, 5.41) is 3.64. The van der Waals surface area contributed by atoms with Crippen molar-refractivity contribution in [1.82, 2.24) is 5.32 Å². The molecule has 120 valence electrons. The van der Waals surface area contributed by atoms with Crippen molar-refractivity contribution in [2.45, 2.75) is 58.8 Å². The molecule has 1 N–H and O–H groups in total. The molecule has 0 unspecified atom stereocenters. The van der Waals surface area contributed by atoms with Crippen LogP contribution in [0.15, 0.2) is 13.6 Å². The Bertz CT molecular complexity index is 436. The fourth-order valence-corrected chi connectivity index (χ4v) is 6.35. The molecule has 1 heterocycles. The lowest BCUT2D eigenvalue weighted by molar-refractivity contribution is 0.244. The van der Waals surface area contributed by atoms with E-state index in [9.17, 15) is 0 Å². The highest BCUT2D eigenvalue weighted by Gasteiger charge is 2.33. The third-order valence-electron chi connectivity index (χ3n) is 4.70. The maximum atomic E-state index is 3.70. The fraction of sp³-hybridized carbons (Fsp3) is 0.765. The molecule has 4 heteroatoms. The monoisotopic (exact) mass is 435 g/mol. The predicted molar refractivity (Wildman–Crippen MR) is 101 cm³/mol. The van der Waals surface area contributed by atoms with Crippen molar-refractivity contribution in [3.05, 3.63) is 19.2 Å². The Morgan fingerprint density at radius 3 is 2.52 bits per heavy atom. The average molecular weight is 437 g/mol. The summed E-state index contributed by atoms with van der Waals surface area (Å²) in [4.78, 5) is 0. The van der Waals surface area contributed by atoms with Crippen molar-refractivity contribution >= 4 is 43.2 Å². The lowest BCUT2D eigenvalue weighted by Crippen LogP contribution is -2.27. The molecule has 0 aliphatic heterocycles. The maximum absolute atomic E-state index is 3.70. The molecule has 2 rings (SSSR count). The third-order valence-corrected chi connectivity index (χ3v) is 7.16. The van der Waals surface area contributed by atoms with Gasteiger partial charge in [0, 0.05) is 0 Å². The zero-order chi connectivity index (χ0) is 15.3. The first kappa shape index (κ1) is 18.0. The topological polar surface area (TPSA) is 12.0 Å².